The fourth-order valence-corrected chi connectivity index (χ4v) is 3.92. The lowest BCUT2D eigenvalue weighted by atomic mass is 9.98. The fraction of sp³-hybridized carbons (Fsp3) is 0.625. The predicted octanol–water partition coefficient (Wildman–Crippen LogP) is 4.26. The Hall–Kier alpha value is -0.440. The Morgan fingerprint density at radius 1 is 1.30 bits per heavy atom. The van der Waals surface area contributed by atoms with E-state index in [-0.39, 0.29) is 0 Å². The normalized spacial score (nSPS) is 22.6. The topological polar surface area (TPSA) is 12.5 Å². The molecular weight excluding hydrogens is 293 g/mol. The van der Waals surface area contributed by atoms with Gasteiger partial charge < -0.3 is 4.74 Å². The van der Waals surface area contributed by atoms with E-state index in [4.69, 9.17) is 27.9 Å². The standard InChI is InChI=1S/C16H21Cl2NO/c17-6-4-15-3-1-2-7-19(15)11-13-10-14(18)9-12-5-8-20-16(12)13/h9-10,15H,1-8,11H2. The molecule has 4 heteroatoms. The molecule has 0 spiro atoms. The molecule has 2 aliphatic heterocycles. The number of alkyl halides is 1. The van der Waals surface area contributed by atoms with E-state index in [0.717, 1.165) is 49.2 Å². The SMILES string of the molecule is ClCCC1CCCCN1Cc1cc(Cl)cc2c1OCC2. The Balaban J connectivity index is 1.79. The molecule has 0 amide bonds. The van der Waals surface area contributed by atoms with E-state index >= 15 is 0 Å². The van der Waals surface area contributed by atoms with Gasteiger partial charge in [-0.2, -0.15) is 0 Å². The van der Waals surface area contributed by atoms with E-state index in [0.29, 0.717) is 6.04 Å². The van der Waals surface area contributed by atoms with Crippen molar-refractivity contribution in [3.63, 3.8) is 0 Å². The Morgan fingerprint density at radius 3 is 3.05 bits per heavy atom. The molecular formula is C16H21Cl2NO. The molecule has 0 saturated carbocycles. The molecule has 0 N–H and O–H groups in total. The van der Waals surface area contributed by atoms with Crippen molar-refractivity contribution in [3.05, 3.63) is 28.3 Å². The molecule has 0 aliphatic carbocycles. The summed E-state index contributed by atoms with van der Waals surface area (Å²) < 4.78 is 5.81. The highest BCUT2D eigenvalue weighted by Gasteiger charge is 2.25. The van der Waals surface area contributed by atoms with Crippen LogP contribution in [-0.4, -0.2) is 30.0 Å². The first-order valence-electron chi connectivity index (χ1n) is 7.52. The molecule has 0 radical (unpaired) electrons. The maximum absolute atomic E-state index is 6.25. The van der Waals surface area contributed by atoms with Crippen LogP contribution in [0.5, 0.6) is 5.75 Å². The van der Waals surface area contributed by atoms with Crippen molar-refractivity contribution in [2.75, 3.05) is 19.0 Å². The molecule has 20 heavy (non-hydrogen) atoms. The van der Waals surface area contributed by atoms with Gasteiger partial charge in [0, 0.05) is 35.5 Å². The lowest BCUT2D eigenvalue weighted by Gasteiger charge is -2.35. The van der Waals surface area contributed by atoms with Gasteiger partial charge in [-0.15, -0.1) is 11.6 Å². The van der Waals surface area contributed by atoms with Crippen molar-refractivity contribution < 1.29 is 4.74 Å². The minimum atomic E-state index is 0.609. The Morgan fingerprint density at radius 2 is 2.20 bits per heavy atom. The summed E-state index contributed by atoms with van der Waals surface area (Å²) in [5.74, 6) is 1.82. The molecule has 1 unspecified atom stereocenters. The number of nitrogens with zero attached hydrogens (tertiary/aromatic N) is 1. The van der Waals surface area contributed by atoms with Gasteiger partial charge in [0.15, 0.2) is 0 Å². The van der Waals surface area contributed by atoms with Crippen molar-refractivity contribution >= 4 is 23.2 Å². The summed E-state index contributed by atoms with van der Waals surface area (Å²) in [4.78, 5) is 2.56. The third-order valence-electron chi connectivity index (χ3n) is 4.39. The van der Waals surface area contributed by atoms with Crippen LogP contribution in [-0.2, 0) is 13.0 Å². The Kier molecular flexibility index (Phi) is 4.75. The van der Waals surface area contributed by atoms with Gasteiger partial charge in [-0.1, -0.05) is 18.0 Å². The zero-order valence-corrected chi connectivity index (χ0v) is 13.2. The van der Waals surface area contributed by atoms with Gasteiger partial charge in [0.1, 0.15) is 5.75 Å². The number of fused-ring (bicyclic) bond motifs is 1. The number of hydrogen-bond donors (Lipinski definition) is 0. The second-order valence-corrected chi connectivity index (χ2v) is 6.56. The molecule has 1 fully saturated rings. The van der Waals surface area contributed by atoms with Gasteiger partial charge >= 0.3 is 0 Å². The first-order valence-corrected chi connectivity index (χ1v) is 8.43. The highest BCUT2D eigenvalue weighted by Crippen LogP contribution is 2.35. The van der Waals surface area contributed by atoms with Crippen molar-refractivity contribution in [1.82, 2.24) is 4.90 Å². The minimum Gasteiger partial charge on any atom is -0.493 e. The molecule has 2 heterocycles. The molecule has 1 aromatic carbocycles. The summed E-state index contributed by atoms with van der Waals surface area (Å²) in [6.45, 7) is 2.88. The van der Waals surface area contributed by atoms with E-state index in [1.54, 1.807) is 0 Å². The second kappa shape index (κ2) is 6.55. The quantitative estimate of drug-likeness (QED) is 0.770. The van der Waals surface area contributed by atoms with Crippen LogP contribution in [0.3, 0.4) is 0 Å². The molecule has 110 valence electrons. The maximum atomic E-state index is 6.25. The number of rotatable bonds is 4. The number of ether oxygens (including phenoxy) is 1. The molecule has 2 aliphatic rings. The largest absolute Gasteiger partial charge is 0.493 e. The van der Waals surface area contributed by atoms with Crippen LogP contribution in [0.25, 0.3) is 0 Å². The Bertz CT molecular complexity index is 476. The summed E-state index contributed by atoms with van der Waals surface area (Å²) in [5.41, 5.74) is 2.50. The van der Waals surface area contributed by atoms with Crippen LogP contribution in [0.1, 0.15) is 36.8 Å². The smallest absolute Gasteiger partial charge is 0.127 e. The highest BCUT2D eigenvalue weighted by molar-refractivity contribution is 6.30. The van der Waals surface area contributed by atoms with Crippen molar-refractivity contribution in [2.45, 2.75) is 44.7 Å². The van der Waals surface area contributed by atoms with Gasteiger partial charge in [0.2, 0.25) is 0 Å². The van der Waals surface area contributed by atoms with Crippen LogP contribution >= 0.6 is 23.2 Å². The molecule has 0 bridgehead atoms. The fourth-order valence-electron chi connectivity index (χ4n) is 3.40. The summed E-state index contributed by atoms with van der Waals surface area (Å²) in [6.07, 6.45) is 5.92. The van der Waals surface area contributed by atoms with Crippen LogP contribution in [0.15, 0.2) is 12.1 Å². The number of benzene rings is 1. The third kappa shape index (κ3) is 3.08. The summed E-state index contributed by atoms with van der Waals surface area (Å²) >= 11 is 12.2. The van der Waals surface area contributed by atoms with Crippen LogP contribution in [0.2, 0.25) is 5.02 Å². The van der Waals surface area contributed by atoms with Gasteiger partial charge in [-0.05, 0) is 43.5 Å². The summed E-state index contributed by atoms with van der Waals surface area (Å²) in [7, 11) is 0. The molecule has 3 rings (SSSR count). The molecule has 1 atom stereocenters. The number of hydrogen-bond acceptors (Lipinski definition) is 2. The van der Waals surface area contributed by atoms with Gasteiger partial charge in [-0.3, -0.25) is 4.90 Å². The lowest BCUT2D eigenvalue weighted by molar-refractivity contribution is 0.135. The number of likely N-dealkylation sites (tertiary alicyclic amines) is 1. The minimum absolute atomic E-state index is 0.609. The van der Waals surface area contributed by atoms with Crippen LogP contribution < -0.4 is 4.74 Å². The van der Waals surface area contributed by atoms with E-state index in [1.807, 2.05) is 6.07 Å². The first-order chi connectivity index (χ1) is 9.78. The Labute approximate surface area is 131 Å². The van der Waals surface area contributed by atoms with E-state index in [2.05, 4.69) is 11.0 Å². The van der Waals surface area contributed by atoms with Crippen LogP contribution in [0, 0.1) is 0 Å². The van der Waals surface area contributed by atoms with E-state index in [9.17, 15) is 0 Å². The van der Waals surface area contributed by atoms with Gasteiger partial charge in [0.05, 0.1) is 6.61 Å². The number of halogens is 2. The molecule has 1 aromatic rings. The molecule has 2 nitrogen and oxygen atoms in total. The summed E-state index contributed by atoms with van der Waals surface area (Å²) in [5, 5.41) is 0.829. The maximum Gasteiger partial charge on any atom is 0.127 e. The number of piperidine rings is 1. The van der Waals surface area contributed by atoms with E-state index in [1.165, 1.54) is 30.4 Å². The monoisotopic (exact) mass is 313 g/mol. The van der Waals surface area contributed by atoms with Crippen molar-refractivity contribution in [1.29, 1.82) is 0 Å². The summed E-state index contributed by atoms with van der Waals surface area (Å²) in [6, 6.07) is 4.72. The zero-order valence-electron chi connectivity index (χ0n) is 11.7. The zero-order chi connectivity index (χ0) is 13.9. The van der Waals surface area contributed by atoms with Gasteiger partial charge in [0.25, 0.3) is 0 Å². The van der Waals surface area contributed by atoms with Crippen molar-refractivity contribution in [2.24, 2.45) is 0 Å². The van der Waals surface area contributed by atoms with Gasteiger partial charge in [-0.25, -0.2) is 0 Å². The van der Waals surface area contributed by atoms with Crippen LogP contribution in [0.4, 0.5) is 0 Å². The lowest BCUT2D eigenvalue weighted by Crippen LogP contribution is -2.39. The first kappa shape index (κ1) is 14.5. The molecule has 0 aromatic heterocycles. The predicted molar refractivity (Wildman–Crippen MR) is 84.0 cm³/mol. The average Bonchev–Trinajstić information content (AvgIpc) is 2.89. The second-order valence-electron chi connectivity index (χ2n) is 5.75. The average molecular weight is 314 g/mol. The van der Waals surface area contributed by atoms with E-state index < -0.39 is 0 Å². The molecule has 1 saturated heterocycles. The highest BCUT2D eigenvalue weighted by atomic mass is 35.5. The third-order valence-corrected chi connectivity index (χ3v) is 4.83. The van der Waals surface area contributed by atoms with Crippen molar-refractivity contribution in [3.8, 4) is 5.75 Å².